The van der Waals surface area contributed by atoms with Crippen molar-refractivity contribution in [3.05, 3.63) is 63.6 Å². The van der Waals surface area contributed by atoms with E-state index in [4.69, 9.17) is 0 Å². The molecule has 0 spiro atoms. The Labute approximate surface area is 111 Å². The van der Waals surface area contributed by atoms with E-state index < -0.39 is 5.97 Å². The Morgan fingerprint density at radius 1 is 1.16 bits per heavy atom. The van der Waals surface area contributed by atoms with Crippen molar-refractivity contribution in [2.45, 2.75) is 13.3 Å². The van der Waals surface area contributed by atoms with Gasteiger partial charge < -0.3 is 5.11 Å². The highest BCUT2D eigenvalue weighted by Crippen LogP contribution is 2.14. The molecule has 0 aromatic heterocycles. The first-order valence-corrected chi connectivity index (χ1v) is 6.29. The minimum absolute atomic E-state index is 0.381. The molecule has 2 aliphatic rings. The number of fused-ring (bicyclic) bond motifs is 3. The van der Waals surface area contributed by atoms with Crippen LogP contribution < -0.4 is 10.4 Å². The van der Waals surface area contributed by atoms with Gasteiger partial charge in [-0.25, -0.2) is 4.79 Å². The number of carboxylic acid groups (broad SMARTS) is 1. The fraction of sp³-hybridized carbons (Fsp3) is 0.118. The molecule has 0 heterocycles. The van der Waals surface area contributed by atoms with Crippen LogP contribution in [0.1, 0.15) is 18.1 Å². The maximum absolute atomic E-state index is 11.3. The molecule has 0 atom stereocenters. The van der Waals surface area contributed by atoms with E-state index in [-0.39, 0.29) is 0 Å². The van der Waals surface area contributed by atoms with Gasteiger partial charge in [0.25, 0.3) is 0 Å². The lowest BCUT2D eigenvalue weighted by Crippen LogP contribution is -2.25. The Balaban J connectivity index is 2.38. The van der Waals surface area contributed by atoms with E-state index in [9.17, 15) is 9.90 Å². The summed E-state index contributed by atoms with van der Waals surface area (Å²) in [5.41, 5.74) is 3.81. The molecule has 0 aliphatic heterocycles. The monoisotopic (exact) mass is 250 g/mol. The summed E-state index contributed by atoms with van der Waals surface area (Å²) in [6, 6.07) is 3.91. The highest BCUT2D eigenvalue weighted by atomic mass is 16.4. The standard InChI is InChI=1S/C17H14O2/c1-11-5-7-12-8-10-15-14(13(12)9-6-11)3-2-4-16(15)17(18)19/h2,4-10H,3H2,1H3,(H,18,19). The Hall–Kier alpha value is -2.35. The van der Waals surface area contributed by atoms with E-state index in [0.717, 1.165) is 28.0 Å². The average molecular weight is 250 g/mol. The number of allylic oxidation sites excluding steroid dienone is 4. The molecular formula is C17H14O2. The molecule has 0 radical (unpaired) electrons. The van der Waals surface area contributed by atoms with E-state index in [1.54, 1.807) is 6.08 Å². The first kappa shape index (κ1) is 11.7. The number of carbonyl (C=O) groups is 1. The van der Waals surface area contributed by atoms with E-state index in [1.165, 1.54) is 5.57 Å². The number of rotatable bonds is 1. The van der Waals surface area contributed by atoms with Crippen molar-refractivity contribution in [3.8, 4) is 0 Å². The van der Waals surface area contributed by atoms with Gasteiger partial charge in [0.05, 0.1) is 5.57 Å². The van der Waals surface area contributed by atoms with Crippen molar-refractivity contribution < 1.29 is 9.90 Å². The summed E-state index contributed by atoms with van der Waals surface area (Å²) in [7, 11) is 0. The maximum Gasteiger partial charge on any atom is 0.336 e. The molecule has 0 bridgehead atoms. The van der Waals surface area contributed by atoms with Crippen LogP contribution in [0.15, 0.2) is 42.0 Å². The van der Waals surface area contributed by atoms with Crippen LogP contribution in [-0.2, 0) is 11.2 Å². The lowest BCUT2D eigenvalue weighted by Gasteiger charge is -2.11. The SMILES string of the molecule is CC1=CC=c2ccc3c(c2C=C1)CC=CC=3C(=O)O. The molecule has 0 amide bonds. The third kappa shape index (κ3) is 1.95. The first-order valence-electron chi connectivity index (χ1n) is 6.29. The molecule has 1 aromatic carbocycles. The van der Waals surface area contributed by atoms with Crippen molar-refractivity contribution in [2.24, 2.45) is 0 Å². The number of aliphatic carboxylic acids is 1. The third-order valence-corrected chi connectivity index (χ3v) is 3.56. The quantitative estimate of drug-likeness (QED) is 0.825. The molecule has 94 valence electrons. The Morgan fingerprint density at radius 3 is 2.79 bits per heavy atom. The number of benzene rings is 1. The van der Waals surface area contributed by atoms with Gasteiger partial charge in [0.15, 0.2) is 0 Å². The molecule has 0 saturated carbocycles. The van der Waals surface area contributed by atoms with Crippen LogP contribution in [0.2, 0.25) is 0 Å². The van der Waals surface area contributed by atoms with Crippen molar-refractivity contribution in [2.75, 3.05) is 0 Å². The summed E-state index contributed by atoms with van der Waals surface area (Å²) in [6.07, 6.45) is 12.7. The van der Waals surface area contributed by atoms with Gasteiger partial charge in [0, 0.05) is 0 Å². The van der Waals surface area contributed by atoms with Crippen molar-refractivity contribution in [1.29, 1.82) is 0 Å². The topological polar surface area (TPSA) is 37.3 Å². The summed E-state index contributed by atoms with van der Waals surface area (Å²) in [4.78, 5) is 11.3. The molecule has 2 aliphatic carbocycles. The highest BCUT2D eigenvalue weighted by molar-refractivity contribution is 6.13. The van der Waals surface area contributed by atoms with E-state index in [2.05, 4.69) is 31.2 Å². The molecular weight excluding hydrogens is 236 g/mol. The molecule has 0 fully saturated rings. The predicted octanol–water partition coefficient (Wildman–Crippen LogP) is 1.79. The zero-order valence-corrected chi connectivity index (χ0v) is 10.7. The van der Waals surface area contributed by atoms with Crippen molar-refractivity contribution in [1.82, 2.24) is 0 Å². The number of hydrogen-bond acceptors (Lipinski definition) is 1. The fourth-order valence-electron chi connectivity index (χ4n) is 2.56. The molecule has 19 heavy (non-hydrogen) atoms. The summed E-state index contributed by atoms with van der Waals surface area (Å²) in [6.45, 7) is 2.06. The molecule has 0 saturated heterocycles. The number of carboxylic acids is 1. The van der Waals surface area contributed by atoms with Crippen molar-refractivity contribution in [3.63, 3.8) is 0 Å². The summed E-state index contributed by atoms with van der Waals surface area (Å²) < 4.78 is 0. The summed E-state index contributed by atoms with van der Waals surface area (Å²) >= 11 is 0. The second-order valence-corrected chi connectivity index (χ2v) is 4.83. The summed E-state index contributed by atoms with van der Waals surface area (Å²) in [5, 5.41) is 11.2. The zero-order chi connectivity index (χ0) is 13.4. The molecule has 1 N–H and O–H groups in total. The Kier molecular flexibility index (Phi) is 2.71. The van der Waals surface area contributed by atoms with Crippen LogP contribution in [0.3, 0.4) is 0 Å². The Bertz CT molecular complexity index is 774. The lowest BCUT2D eigenvalue weighted by molar-refractivity contribution is -0.130. The second kappa shape index (κ2) is 4.39. The van der Waals surface area contributed by atoms with Gasteiger partial charge in [-0.2, -0.15) is 0 Å². The van der Waals surface area contributed by atoms with Crippen LogP contribution in [-0.4, -0.2) is 11.1 Å². The van der Waals surface area contributed by atoms with Gasteiger partial charge in [-0.05, 0) is 34.9 Å². The zero-order valence-electron chi connectivity index (χ0n) is 10.7. The maximum atomic E-state index is 11.3. The van der Waals surface area contributed by atoms with E-state index >= 15 is 0 Å². The van der Waals surface area contributed by atoms with Crippen molar-refractivity contribution >= 4 is 23.7 Å². The molecule has 3 rings (SSSR count). The van der Waals surface area contributed by atoms with Gasteiger partial charge >= 0.3 is 5.97 Å². The summed E-state index contributed by atoms with van der Waals surface area (Å²) in [5.74, 6) is -0.868. The fourth-order valence-corrected chi connectivity index (χ4v) is 2.56. The lowest BCUT2D eigenvalue weighted by atomic mass is 9.93. The largest absolute Gasteiger partial charge is 0.478 e. The van der Waals surface area contributed by atoms with Crippen LogP contribution >= 0.6 is 0 Å². The molecule has 1 aromatic rings. The molecule has 0 unspecified atom stereocenters. The normalized spacial score (nSPS) is 16.1. The average Bonchev–Trinajstić information content (AvgIpc) is 2.60. The second-order valence-electron chi connectivity index (χ2n) is 4.83. The van der Waals surface area contributed by atoms with E-state index in [1.807, 2.05) is 18.2 Å². The van der Waals surface area contributed by atoms with Crippen LogP contribution in [0.4, 0.5) is 0 Å². The van der Waals surface area contributed by atoms with Gasteiger partial charge in [0.2, 0.25) is 0 Å². The van der Waals surface area contributed by atoms with Gasteiger partial charge in [-0.1, -0.05) is 54.2 Å². The van der Waals surface area contributed by atoms with Gasteiger partial charge in [-0.3, -0.25) is 0 Å². The molecule has 2 heteroatoms. The first-order chi connectivity index (χ1) is 9.16. The van der Waals surface area contributed by atoms with Gasteiger partial charge in [0.1, 0.15) is 0 Å². The Morgan fingerprint density at radius 2 is 2.00 bits per heavy atom. The molecule has 2 nitrogen and oxygen atoms in total. The van der Waals surface area contributed by atoms with Gasteiger partial charge in [-0.15, -0.1) is 0 Å². The number of hydrogen-bond donors (Lipinski definition) is 1. The minimum atomic E-state index is -0.868. The highest BCUT2D eigenvalue weighted by Gasteiger charge is 2.14. The van der Waals surface area contributed by atoms with Crippen LogP contribution in [0, 0.1) is 0 Å². The third-order valence-electron chi connectivity index (χ3n) is 3.56. The minimum Gasteiger partial charge on any atom is -0.478 e. The predicted molar refractivity (Wildman–Crippen MR) is 76.8 cm³/mol. The van der Waals surface area contributed by atoms with Crippen LogP contribution in [0.25, 0.3) is 17.7 Å². The van der Waals surface area contributed by atoms with Crippen LogP contribution in [0.5, 0.6) is 0 Å². The van der Waals surface area contributed by atoms with E-state index in [0.29, 0.717) is 5.57 Å². The smallest absolute Gasteiger partial charge is 0.336 e.